The Bertz CT molecular complexity index is 2710. The Balaban J connectivity index is 0.000000159. The number of halogens is 6. The predicted molar refractivity (Wildman–Crippen MR) is 259 cm³/mol. The first-order valence-corrected chi connectivity index (χ1v) is 24.5. The molecular formula is C51H57Cl2F4N7O7. The lowest BCUT2D eigenvalue weighted by molar-refractivity contribution is -0.166. The molecule has 2 saturated heterocycles. The average molecular weight is 1030 g/mol. The fourth-order valence-electron chi connectivity index (χ4n) is 8.45. The lowest BCUT2D eigenvalue weighted by Crippen LogP contribution is -2.51. The molecule has 14 nitrogen and oxygen atoms in total. The van der Waals surface area contributed by atoms with Crippen LogP contribution in [0.5, 0.6) is 11.5 Å². The van der Waals surface area contributed by atoms with E-state index in [0.717, 1.165) is 95.3 Å². The second-order valence-corrected chi connectivity index (χ2v) is 19.3. The molecule has 6 N–H and O–H groups in total. The Labute approximate surface area is 417 Å². The number of nitrogens with two attached hydrogens (primary N) is 1. The van der Waals surface area contributed by atoms with Crippen molar-refractivity contribution in [3.63, 3.8) is 0 Å². The molecule has 10 rings (SSSR count). The Morgan fingerprint density at radius 3 is 1.77 bits per heavy atom. The van der Waals surface area contributed by atoms with Crippen LogP contribution < -0.4 is 20.5 Å². The number of likely N-dealkylation sites (tertiary alicyclic amines) is 2. The van der Waals surface area contributed by atoms with Gasteiger partial charge in [0.2, 0.25) is 0 Å². The van der Waals surface area contributed by atoms with Crippen LogP contribution in [-0.2, 0) is 21.4 Å². The Hall–Kier alpha value is -5.47. The zero-order valence-electron chi connectivity index (χ0n) is 38.7. The van der Waals surface area contributed by atoms with Crippen LogP contribution in [0.2, 0.25) is 10.0 Å². The number of pyridine rings is 2. The second kappa shape index (κ2) is 22.5. The van der Waals surface area contributed by atoms with Crippen LogP contribution in [0.4, 0.5) is 17.6 Å². The van der Waals surface area contributed by atoms with E-state index in [4.69, 9.17) is 43.5 Å². The average Bonchev–Trinajstić information content (AvgIpc) is 4.01. The lowest BCUT2D eigenvalue weighted by Gasteiger charge is -2.30. The number of carboxylic acid groups (broad SMARTS) is 1. The summed E-state index contributed by atoms with van der Waals surface area (Å²) < 4.78 is 70.8. The lowest BCUT2D eigenvalue weighted by atomic mass is 10.0. The molecule has 4 atom stereocenters. The van der Waals surface area contributed by atoms with Gasteiger partial charge in [-0.05, 0) is 143 Å². The van der Waals surface area contributed by atoms with Gasteiger partial charge in [-0.1, -0.05) is 47.5 Å². The van der Waals surface area contributed by atoms with Crippen molar-refractivity contribution < 1.29 is 51.9 Å². The molecule has 20 heteroatoms. The van der Waals surface area contributed by atoms with Gasteiger partial charge in [-0.3, -0.25) is 4.79 Å². The van der Waals surface area contributed by atoms with Crippen LogP contribution in [0.1, 0.15) is 86.0 Å². The minimum absolute atomic E-state index is 0.160. The number of carboxylic acids is 1. The number of amides is 1. The molecule has 4 aliphatic rings. The molecule has 380 valence electrons. The highest BCUT2D eigenvalue weighted by molar-refractivity contribution is 6.32. The Morgan fingerprint density at radius 1 is 0.718 bits per heavy atom. The minimum Gasteiger partial charge on any atom is -0.489 e. The summed E-state index contributed by atoms with van der Waals surface area (Å²) in [7, 11) is 0. The standard InChI is InChI=1S/C25H27ClF2N4O3.C16H23ClN2O2.C10H7F2NO2/c26-18-13-16(6-9-20(18)35-17-7-8-17)23(33)19(14-31-10-3-4-11-31)29-24(34)25(27,28)21-15-32-12-2-1-5-22(32)30-21;17-13-9-11(3-6-15(13)21-12-4-5-12)16(20)14(18)10-19-7-1-2-8-19;11-10(12,9(14)15)7-5-8-3-1-2-4-13(8)6-7/h1-2,5-6,9,12-13,15,17,19,23,33H,3-4,7-8,10-11,14H2,(H,29,34);3,6,9,12,14,16,20H,1-2,4-5,7-8,10,18H2;1-6H,(H,14,15)/t19-,23-;14-,16-;/m11./s1. The van der Waals surface area contributed by atoms with Crippen molar-refractivity contribution in [1.29, 1.82) is 0 Å². The fourth-order valence-corrected chi connectivity index (χ4v) is 8.91. The number of carbonyl (C=O) groups is 2. The van der Waals surface area contributed by atoms with Gasteiger partial charge >= 0.3 is 17.8 Å². The van der Waals surface area contributed by atoms with E-state index in [1.165, 1.54) is 21.6 Å². The van der Waals surface area contributed by atoms with Gasteiger partial charge in [-0.25, -0.2) is 9.78 Å². The van der Waals surface area contributed by atoms with Crippen molar-refractivity contribution in [3.05, 3.63) is 136 Å². The number of carbonyl (C=O) groups excluding carboxylic acids is 1. The van der Waals surface area contributed by atoms with Gasteiger partial charge in [0.15, 0.2) is 0 Å². The van der Waals surface area contributed by atoms with Crippen molar-refractivity contribution in [3.8, 4) is 11.5 Å². The molecule has 2 aliphatic carbocycles. The van der Waals surface area contributed by atoms with Gasteiger partial charge in [0, 0.05) is 49.4 Å². The van der Waals surface area contributed by atoms with E-state index in [2.05, 4.69) is 15.2 Å². The predicted octanol–water partition coefficient (Wildman–Crippen LogP) is 8.39. The van der Waals surface area contributed by atoms with Gasteiger partial charge < -0.3 is 54.4 Å². The van der Waals surface area contributed by atoms with Gasteiger partial charge in [-0.15, -0.1) is 0 Å². The number of nitrogens with one attached hydrogen (secondary N) is 1. The molecule has 4 aromatic heterocycles. The molecular weight excluding hydrogens is 970 g/mol. The van der Waals surface area contributed by atoms with Crippen molar-refractivity contribution in [2.24, 2.45) is 5.73 Å². The molecule has 0 bridgehead atoms. The summed E-state index contributed by atoms with van der Waals surface area (Å²) in [6.07, 6.45) is 12.5. The largest absolute Gasteiger partial charge is 0.489 e. The van der Waals surface area contributed by atoms with Crippen LogP contribution in [0, 0.1) is 0 Å². The number of hydrogen-bond donors (Lipinski definition) is 5. The van der Waals surface area contributed by atoms with Crippen LogP contribution in [0.3, 0.4) is 0 Å². The number of aliphatic hydroxyl groups is 2. The van der Waals surface area contributed by atoms with E-state index in [1.54, 1.807) is 73.1 Å². The summed E-state index contributed by atoms with van der Waals surface area (Å²) in [5, 5.41) is 33.2. The van der Waals surface area contributed by atoms with E-state index in [0.29, 0.717) is 44.4 Å². The third-order valence-corrected chi connectivity index (χ3v) is 13.4. The number of ether oxygens (including phenoxy) is 2. The SMILES string of the molecule is N[C@H](CN1CCCC1)[C@H](O)c1ccc(OC2CC2)c(Cl)c1.O=C(N[C@H](CN1CCCC1)[C@H](O)c1ccc(OC2CC2)c(Cl)c1)C(F)(F)c1cn2ccccc2n1.O=C(O)C(F)(F)c1cc2ccccn2c1. The molecule has 2 aromatic carbocycles. The smallest absolute Gasteiger partial charge is 0.379 e. The van der Waals surface area contributed by atoms with E-state index < -0.39 is 53.2 Å². The van der Waals surface area contributed by atoms with Crippen molar-refractivity contribution in [1.82, 2.24) is 28.9 Å². The first-order chi connectivity index (χ1) is 34.0. The first-order valence-electron chi connectivity index (χ1n) is 23.8. The van der Waals surface area contributed by atoms with Crippen molar-refractivity contribution >= 4 is 46.2 Å². The van der Waals surface area contributed by atoms with E-state index >= 15 is 8.78 Å². The third kappa shape index (κ3) is 13.1. The van der Waals surface area contributed by atoms with Crippen molar-refractivity contribution in [2.45, 2.75) is 99.7 Å². The summed E-state index contributed by atoms with van der Waals surface area (Å²) >= 11 is 12.6. The summed E-state index contributed by atoms with van der Waals surface area (Å²) in [6.45, 7) is 4.66. The van der Waals surface area contributed by atoms with Crippen LogP contribution in [0.15, 0.2) is 104 Å². The quantitative estimate of drug-likeness (QED) is 0.0554. The second-order valence-electron chi connectivity index (χ2n) is 18.5. The number of imidazole rings is 1. The van der Waals surface area contributed by atoms with Gasteiger partial charge in [0.1, 0.15) is 28.9 Å². The zero-order chi connectivity index (χ0) is 50.5. The summed E-state index contributed by atoms with van der Waals surface area (Å²) in [4.78, 5) is 31.4. The molecule has 2 saturated carbocycles. The third-order valence-electron chi connectivity index (χ3n) is 12.8. The minimum atomic E-state index is -3.88. The number of aromatic nitrogens is 3. The maximum Gasteiger partial charge on any atom is 0.379 e. The normalized spacial score (nSPS) is 18.2. The summed E-state index contributed by atoms with van der Waals surface area (Å²) in [6, 6.07) is 20.2. The van der Waals surface area contributed by atoms with Gasteiger partial charge in [-0.2, -0.15) is 17.6 Å². The number of hydrogen-bond acceptors (Lipinski definition) is 10. The van der Waals surface area contributed by atoms with Crippen LogP contribution >= 0.6 is 23.2 Å². The maximum atomic E-state index is 15.2. The summed E-state index contributed by atoms with van der Waals surface area (Å²) in [5.41, 5.74) is 7.00. The van der Waals surface area contributed by atoms with Crippen LogP contribution in [-0.4, -0.2) is 114 Å². The van der Waals surface area contributed by atoms with Gasteiger partial charge in [0.05, 0.1) is 40.0 Å². The number of aliphatic hydroxyl groups excluding tert-OH is 2. The zero-order valence-corrected chi connectivity index (χ0v) is 40.2. The first kappa shape index (κ1) is 51.9. The number of nitrogens with zero attached hydrogens (tertiary/aromatic N) is 5. The number of rotatable bonds is 17. The number of aliphatic carboxylic acids is 1. The molecule has 0 radical (unpaired) electrons. The molecule has 71 heavy (non-hydrogen) atoms. The monoisotopic (exact) mass is 1030 g/mol. The molecule has 2 aliphatic heterocycles. The molecule has 4 fully saturated rings. The molecule has 0 unspecified atom stereocenters. The van der Waals surface area contributed by atoms with E-state index in [9.17, 15) is 28.6 Å². The Morgan fingerprint density at radius 2 is 1.25 bits per heavy atom. The van der Waals surface area contributed by atoms with E-state index in [1.807, 2.05) is 17.0 Å². The molecule has 6 heterocycles. The maximum absolute atomic E-state index is 15.2. The summed E-state index contributed by atoms with van der Waals surface area (Å²) in [5.74, 6) is -10.2. The number of alkyl halides is 4. The highest BCUT2D eigenvalue weighted by atomic mass is 35.5. The molecule has 6 aromatic rings. The molecule has 0 spiro atoms. The fraction of sp³-hybridized carbons (Fsp3) is 0.431. The van der Waals surface area contributed by atoms with Crippen molar-refractivity contribution in [2.75, 3.05) is 39.3 Å². The van der Waals surface area contributed by atoms with Crippen LogP contribution in [0.25, 0.3) is 11.2 Å². The highest BCUT2D eigenvalue weighted by Crippen LogP contribution is 2.37. The Kier molecular flexibility index (Phi) is 16.5. The highest BCUT2D eigenvalue weighted by Gasteiger charge is 2.46. The van der Waals surface area contributed by atoms with E-state index in [-0.39, 0.29) is 18.7 Å². The molecule has 1 amide bonds. The number of fused-ring (bicyclic) bond motifs is 2. The van der Waals surface area contributed by atoms with Gasteiger partial charge in [0.25, 0.3) is 5.91 Å². The topological polar surface area (TPSA) is 180 Å². The number of benzene rings is 2.